The first-order chi connectivity index (χ1) is 20.2. The highest BCUT2D eigenvalue weighted by Crippen LogP contribution is 2.56. The molecule has 4 aromatic rings. The van der Waals surface area contributed by atoms with E-state index < -0.39 is 16.6 Å². The maximum Gasteiger partial charge on any atom is 0.221 e. The molecular formula is C31H42N2O5S3Si2. The Morgan fingerprint density at radius 1 is 0.744 bits per heavy atom. The highest BCUT2D eigenvalue weighted by molar-refractivity contribution is 7.29. The van der Waals surface area contributed by atoms with Crippen LogP contribution in [0.15, 0.2) is 12.1 Å². The second-order valence-corrected chi connectivity index (χ2v) is 25.8. The van der Waals surface area contributed by atoms with Crippen molar-refractivity contribution >= 4 is 66.6 Å². The molecule has 0 saturated heterocycles. The minimum atomic E-state index is -2.35. The van der Waals surface area contributed by atoms with Gasteiger partial charge in [-0.3, -0.25) is 0 Å². The van der Waals surface area contributed by atoms with Crippen LogP contribution in [0.2, 0.25) is 31.2 Å². The van der Waals surface area contributed by atoms with Gasteiger partial charge in [0.25, 0.3) is 0 Å². The Kier molecular flexibility index (Phi) is 7.82. The van der Waals surface area contributed by atoms with Crippen LogP contribution in [0.4, 0.5) is 0 Å². The SMILES string of the molecule is CCC(C)(C)c1sc(-c2ccc(-c3sc([Si](C)(C)O[Si](C)(C)C(C)(C)C)c4c3OCCO4)c3nsnc23)c2c1OCCO2. The molecule has 0 fully saturated rings. The average Bonchev–Trinajstić information content (AvgIpc) is 3.68. The second kappa shape index (κ2) is 10.8. The van der Waals surface area contributed by atoms with Crippen molar-refractivity contribution in [3.05, 3.63) is 17.0 Å². The summed E-state index contributed by atoms with van der Waals surface area (Å²) in [5.41, 5.74) is 3.75. The normalized spacial score (nSPS) is 15.8. The van der Waals surface area contributed by atoms with Gasteiger partial charge in [0.15, 0.2) is 31.3 Å². The predicted molar refractivity (Wildman–Crippen MR) is 185 cm³/mol. The molecule has 0 unspecified atom stereocenters. The lowest BCUT2D eigenvalue weighted by molar-refractivity contribution is 0.170. The summed E-state index contributed by atoms with van der Waals surface area (Å²) in [5, 5.41) is 0.116. The van der Waals surface area contributed by atoms with E-state index in [1.807, 2.05) is 0 Å². The van der Waals surface area contributed by atoms with Gasteiger partial charge in [-0.2, -0.15) is 8.75 Å². The first-order valence-electron chi connectivity index (χ1n) is 15.0. The zero-order valence-corrected chi connectivity index (χ0v) is 31.3. The third-order valence-electron chi connectivity index (χ3n) is 9.06. The molecule has 12 heteroatoms. The number of benzene rings is 1. The number of hydrogen-bond donors (Lipinski definition) is 0. The summed E-state index contributed by atoms with van der Waals surface area (Å²) in [5.74, 6) is 3.38. The fraction of sp³-hybridized carbons (Fsp3) is 0.548. The van der Waals surface area contributed by atoms with Gasteiger partial charge in [-0.1, -0.05) is 53.7 Å². The molecule has 0 spiro atoms. The lowest BCUT2D eigenvalue weighted by atomic mass is 9.88. The van der Waals surface area contributed by atoms with Gasteiger partial charge in [-0.05, 0) is 37.6 Å². The number of hydrogen-bond acceptors (Lipinski definition) is 10. The summed E-state index contributed by atoms with van der Waals surface area (Å²) in [6, 6.07) is 4.33. The molecule has 43 heavy (non-hydrogen) atoms. The van der Waals surface area contributed by atoms with Gasteiger partial charge in [0, 0.05) is 16.5 Å². The third kappa shape index (κ3) is 5.25. The van der Waals surface area contributed by atoms with E-state index in [1.54, 1.807) is 22.7 Å². The fourth-order valence-electron chi connectivity index (χ4n) is 5.33. The van der Waals surface area contributed by atoms with E-state index >= 15 is 0 Å². The Bertz CT molecular complexity index is 1680. The van der Waals surface area contributed by atoms with E-state index in [0.717, 1.165) is 61.3 Å². The Morgan fingerprint density at radius 3 is 1.77 bits per heavy atom. The largest absolute Gasteiger partial charge is 0.485 e. The van der Waals surface area contributed by atoms with Gasteiger partial charge in [0.2, 0.25) is 8.32 Å². The van der Waals surface area contributed by atoms with E-state index in [2.05, 4.69) is 79.9 Å². The standard InChI is InChI=1S/C31H42N2O5S3Si2/c1-11-31(5,6)28-24-22(34-14-16-36-24)26(39-28)18-12-13-19(21-20(18)32-41-33-21)27-23-25(37-17-15-35-23)29(40-27)42(7,8)38-43(9,10)30(2,3)4/h12-13H,11,14-17H2,1-10H3. The van der Waals surface area contributed by atoms with Gasteiger partial charge < -0.3 is 23.1 Å². The van der Waals surface area contributed by atoms with E-state index in [4.69, 9.17) is 31.8 Å². The number of ether oxygens (including phenoxy) is 4. The average molecular weight is 675 g/mol. The Morgan fingerprint density at radius 2 is 1.23 bits per heavy atom. The number of aromatic nitrogens is 2. The number of nitrogens with zero attached hydrogens (tertiary/aromatic N) is 2. The molecule has 0 N–H and O–H groups in total. The quantitative estimate of drug-likeness (QED) is 0.182. The van der Waals surface area contributed by atoms with E-state index in [0.29, 0.717) is 26.4 Å². The van der Waals surface area contributed by atoms with Gasteiger partial charge in [0.05, 0.1) is 30.9 Å². The summed E-state index contributed by atoms with van der Waals surface area (Å²) in [4.78, 5) is 3.31. The van der Waals surface area contributed by atoms with E-state index in [9.17, 15) is 0 Å². The first kappa shape index (κ1) is 31.0. The van der Waals surface area contributed by atoms with Crippen molar-refractivity contribution in [3.8, 4) is 43.9 Å². The van der Waals surface area contributed by atoms with Crippen LogP contribution in [-0.4, -0.2) is 51.8 Å². The van der Waals surface area contributed by atoms with Gasteiger partial charge >= 0.3 is 0 Å². The number of fused-ring (bicyclic) bond motifs is 3. The Hall–Kier alpha value is -1.97. The molecular weight excluding hydrogens is 633 g/mol. The minimum absolute atomic E-state index is 0.0277. The second-order valence-electron chi connectivity index (χ2n) is 14.0. The van der Waals surface area contributed by atoms with Crippen molar-refractivity contribution in [2.45, 2.75) is 84.6 Å². The summed E-state index contributed by atoms with van der Waals surface area (Å²) >= 11 is 4.74. The van der Waals surface area contributed by atoms with Crippen LogP contribution in [0.1, 0.15) is 52.8 Å². The van der Waals surface area contributed by atoms with Crippen LogP contribution >= 0.6 is 34.4 Å². The molecule has 0 radical (unpaired) electrons. The maximum absolute atomic E-state index is 7.13. The van der Waals surface area contributed by atoms with Crippen molar-refractivity contribution in [1.82, 2.24) is 8.75 Å². The molecule has 7 nitrogen and oxygen atoms in total. The van der Waals surface area contributed by atoms with Crippen LogP contribution in [0.25, 0.3) is 31.9 Å². The predicted octanol–water partition coefficient (Wildman–Crippen LogP) is 8.81. The Balaban J connectivity index is 1.49. The molecule has 0 bridgehead atoms. The molecule has 2 aliphatic heterocycles. The molecule has 3 aromatic heterocycles. The van der Waals surface area contributed by atoms with E-state index in [-0.39, 0.29) is 10.5 Å². The zero-order valence-electron chi connectivity index (χ0n) is 26.9. The lowest BCUT2D eigenvalue weighted by Crippen LogP contribution is -2.55. The van der Waals surface area contributed by atoms with Gasteiger partial charge in [-0.25, -0.2) is 0 Å². The molecule has 6 rings (SSSR count). The van der Waals surface area contributed by atoms with Crippen molar-refractivity contribution in [2.75, 3.05) is 26.4 Å². The van der Waals surface area contributed by atoms with Crippen LogP contribution in [0.5, 0.6) is 23.0 Å². The third-order valence-corrected chi connectivity index (χ3v) is 22.9. The summed E-state index contributed by atoms with van der Waals surface area (Å²) in [6.45, 7) is 25.0. The van der Waals surface area contributed by atoms with E-state index in [1.165, 1.54) is 21.1 Å². The summed E-state index contributed by atoms with van der Waals surface area (Å²) in [6.07, 6.45) is 1.00. The Labute approximate surface area is 269 Å². The molecule has 0 amide bonds. The van der Waals surface area contributed by atoms with Gasteiger partial charge in [-0.15, -0.1) is 22.7 Å². The monoisotopic (exact) mass is 674 g/mol. The van der Waals surface area contributed by atoms with Crippen LogP contribution in [-0.2, 0) is 9.53 Å². The molecule has 2 aliphatic rings. The summed E-state index contributed by atoms with van der Waals surface area (Å²) < 4.78 is 43.1. The highest BCUT2D eigenvalue weighted by Gasteiger charge is 2.46. The molecule has 0 atom stereocenters. The number of thiophene rings is 2. The van der Waals surface area contributed by atoms with Crippen molar-refractivity contribution < 1.29 is 23.1 Å². The molecule has 0 saturated carbocycles. The molecule has 0 aliphatic carbocycles. The first-order valence-corrected chi connectivity index (χ1v) is 23.2. The van der Waals surface area contributed by atoms with Crippen molar-refractivity contribution in [1.29, 1.82) is 0 Å². The molecule has 1 aromatic carbocycles. The molecule has 5 heterocycles. The molecule has 232 valence electrons. The topological polar surface area (TPSA) is 71.9 Å². The van der Waals surface area contributed by atoms with Crippen LogP contribution in [0, 0.1) is 0 Å². The minimum Gasteiger partial charge on any atom is -0.485 e. The summed E-state index contributed by atoms with van der Waals surface area (Å²) in [7, 11) is -4.37. The highest BCUT2D eigenvalue weighted by atomic mass is 32.1. The van der Waals surface area contributed by atoms with Crippen molar-refractivity contribution in [3.63, 3.8) is 0 Å². The van der Waals surface area contributed by atoms with Crippen LogP contribution in [0.3, 0.4) is 0 Å². The number of rotatable bonds is 7. The fourth-order valence-corrected chi connectivity index (χ4v) is 17.4. The zero-order chi connectivity index (χ0) is 30.9. The van der Waals surface area contributed by atoms with Crippen LogP contribution < -0.4 is 23.4 Å². The maximum atomic E-state index is 7.13. The lowest BCUT2D eigenvalue weighted by Gasteiger charge is -2.42. The smallest absolute Gasteiger partial charge is 0.221 e. The van der Waals surface area contributed by atoms with Gasteiger partial charge in [0.1, 0.15) is 37.5 Å². The van der Waals surface area contributed by atoms with Crippen molar-refractivity contribution in [2.24, 2.45) is 0 Å².